The van der Waals surface area contributed by atoms with Crippen molar-refractivity contribution in [3.8, 4) is 0 Å². The first-order valence-electron chi connectivity index (χ1n) is 4.07. The number of anilines is 1. The number of halogens is 1. The molecule has 0 saturated carbocycles. The van der Waals surface area contributed by atoms with Crippen molar-refractivity contribution in [1.82, 2.24) is 0 Å². The molecule has 1 aromatic carbocycles. The van der Waals surface area contributed by atoms with E-state index >= 15 is 0 Å². The minimum atomic E-state index is -0.0723. The maximum Gasteiger partial charge on any atom is 0.221 e. The Kier molecular flexibility index (Phi) is 3.32. The molecule has 0 bridgehead atoms. The van der Waals surface area contributed by atoms with Gasteiger partial charge in [0.15, 0.2) is 0 Å². The van der Waals surface area contributed by atoms with Crippen LogP contribution in [0, 0.1) is 6.92 Å². The smallest absolute Gasteiger partial charge is 0.221 e. The molecule has 0 aromatic heterocycles. The molecule has 0 saturated heterocycles. The fourth-order valence-corrected chi connectivity index (χ4v) is 1.54. The Balaban J connectivity index is 3.05. The quantitative estimate of drug-likeness (QED) is 0.726. The van der Waals surface area contributed by atoms with Crippen LogP contribution >= 0.6 is 11.6 Å². The van der Waals surface area contributed by atoms with E-state index in [1.807, 2.05) is 25.1 Å². The maximum absolute atomic E-state index is 10.8. The van der Waals surface area contributed by atoms with E-state index in [0.717, 1.165) is 16.8 Å². The number of rotatable bonds is 2. The zero-order valence-corrected chi connectivity index (χ0v) is 8.48. The zero-order chi connectivity index (χ0) is 9.84. The largest absolute Gasteiger partial charge is 0.326 e. The first-order chi connectivity index (χ1) is 6.15. The average molecular weight is 198 g/mol. The van der Waals surface area contributed by atoms with Crippen molar-refractivity contribution in [2.75, 3.05) is 5.32 Å². The number of nitrogens with one attached hydrogen (secondary N) is 1. The highest BCUT2D eigenvalue weighted by molar-refractivity contribution is 6.17. The molecule has 3 heteroatoms. The monoisotopic (exact) mass is 197 g/mol. The molecule has 0 aliphatic carbocycles. The Morgan fingerprint density at radius 3 is 2.77 bits per heavy atom. The molecule has 1 aromatic rings. The lowest BCUT2D eigenvalue weighted by molar-refractivity contribution is -0.114. The Bertz CT molecular complexity index is 323. The van der Waals surface area contributed by atoms with Gasteiger partial charge in [-0.3, -0.25) is 4.79 Å². The van der Waals surface area contributed by atoms with E-state index in [1.54, 1.807) is 0 Å². The summed E-state index contributed by atoms with van der Waals surface area (Å²) < 4.78 is 0. The molecule has 0 unspecified atom stereocenters. The molecule has 1 amide bonds. The number of aryl methyl sites for hydroxylation is 1. The van der Waals surface area contributed by atoms with Crippen molar-refractivity contribution in [2.24, 2.45) is 0 Å². The van der Waals surface area contributed by atoms with E-state index in [2.05, 4.69) is 5.32 Å². The van der Waals surface area contributed by atoms with Crippen LogP contribution in [0.15, 0.2) is 18.2 Å². The van der Waals surface area contributed by atoms with E-state index in [0.29, 0.717) is 5.88 Å². The molecule has 2 nitrogen and oxygen atoms in total. The van der Waals surface area contributed by atoms with Gasteiger partial charge in [-0.25, -0.2) is 0 Å². The second-order valence-corrected chi connectivity index (χ2v) is 3.18. The summed E-state index contributed by atoms with van der Waals surface area (Å²) in [6.45, 7) is 3.46. The van der Waals surface area contributed by atoms with Crippen LogP contribution in [0.3, 0.4) is 0 Å². The molecule has 0 radical (unpaired) electrons. The molecule has 0 aliphatic rings. The van der Waals surface area contributed by atoms with Gasteiger partial charge in [0.2, 0.25) is 5.91 Å². The molecule has 13 heavy (non-hydrogen) atoms. The number of hydrogen-bond donors (Lipinski definition) is 1. The van der Waals surface area contributed by atoms with E-state index < -0.39 is 0 Å². The minimum Gasteiger partial charge on any atom is -0.326 e. The Morgan fingerprint density at radius 1 is 1.54 bits per heavy atom. The van der Waals surface area contributed by atoms with Gasteiger partial charge < -0.3 is 5.32 Å². The highest BCUT2D eigenvalue weighted by Crippen LogP contribution is 2.21. The Hall–Kier alpha value is -1.02. The lowest BCUT2D eigenvalue weighted by Crippen LogP contribution is -2.08. The molecule has 0 atom stereocenters. The van der Waals surface area contributed by atoms with E-state index in [-0.39, 0.29) is 5.91 Å². The normalized spacial score (nSPS) is 9.77. The number of hydrogen-bond acceptors (Lipinski definition) is 1. The predicted octanol–water partition coefficient (Wildman–Crippen LogP) is 2.69. The Labute approximate surface area is 82.9 Å². The molecule has 1 N–H and O–H groups in total. The molecule has 70 valence electrons. The summed E-state index contributed by atoms with van der Waals surface area (Å²) in [7, 11) is 0. The summed E-state index contributed by atoms with van der Waals surface area (Å²) in [5, 5.41) is 2.74. The van der Waals surface area contributed by atoms with Crippen LogP contribution in [-0.4, -0.2) is 5.91 Å². The van der Waals surface area contributed by atoms with Crippen LogP contribution in [0.4, 0.5) is 5.69 Å². The number of amides is 1. The fraction of sp³-hybridized carbons (Fsp3) is 0.300. The number of carbonyl (C=O) groups is 1. The molecule has 0 heterocycles. The predicted molar refractivity (Wildman–Crippen MR) is 55.0 cm³/mol. The SMILES string of the molecule is CC(=O)Nc1cccc(C)c1CCl. The van der Waals surface area contributed by atoms with Gasteiger partial charge in [-0.2, -0.15) is 0 Å². The van der Waals surface area contributed by atoms with Gasteiger partial charge in [-0.05, 0) is 24.1 Å². The van der Waals surface area contributed by atoms with Crippen molar-refractivity contribution in [2.45, 2.75) is 19.7 Å². The van der Waals surface area contributed by atoms with Gasteiger partial charge in [0.25, 0.3) is 0 Å². The summed E-state index contributed by atoms with van der Waals surface area (Å²) in [6.07, 6.45) is 0. The van der Waals surface area contributed by atoms with E-state index in [4.69, 9.17) is 11.6 Å². The fourth-order valence-electron chi connectivity index (χ4n) is 1.19. The Morgan fingerprint density at radius 2 is 2.23 bits per heavy atom. The highest BCUT2D eigenvalue weighted by atomic mass is 35.5. The number of carbonyl (C=O) groups excluding carboxylic acids is 1. The van der Waals surface area contributed by atoms with Crippen LogP contribution < -0.4 is 5.32 Å². The number of alkyl halides is 1. The van der Waals surface area contributed by atoms with Crippen molar-refractivity contribution in [3.05, 3.63) is 29.3 Å². The van der Waals surface area contributed by atoms with Crippen LogP contribution in [-0.2, 0) is 10.7 Å². The number of benzene rings is 1. The van der Waals surface area contributed by atoms with E-state index in [9.17, 15) is 4.79 Å². The molecule has 0 spiro atoms. The topological polar surface area (TPSA) is 29.1 Å². The molecular formula is C10H12ClNO. The minimum absolute atomic E-state index is 0.0723. The third-order valence-electron chi connectivity index (χ3n) is 1.85. The second kappa shape index (κ2) is 4.28. The zero-order valence-electron chi connectivity index (χ0n) is 7.73. The summed E-state index contributed by atoms with van der Waals surface area (Å²) >= 11 is 5.77. The standard InChI is InChI=1S/C10H12ClNO/c1-7-4-3-5-10(9(7)6-11)12-8(2)13/h3-5H,6H2,1-2H3,(H,12,13). The van der Waals surface area contributed by atoms with Gasteiger partial charge in [-0.1, -0.05) is 12.1 Å². The van der Waals surface area contributed by atoms with Crippen molar-refractivity contribution in [3.63, 3.8) is 0 Å². The lowest BCUT2D eigenvalue weighted by Gasteiger charge is -2.09. The molecule has 1 rings (SSSR count). The van der Waals surface area contributed by atoms with Crippen molar-refractivity contribution in [1.29, 1.82) is 0 Å². The molecular weight excluding hydrogens is 186 g/mol. The van der Waals surface area contributed by atoms with Gasteiger partial charge in [-0.15, -0.1) is 11.6 Å². The van der Waals surface area contributed by atoms with Crippen LogP contribution in [0.2, 0.25) is 0 Å². The van der Waals surface area contributed by atoms with E-state index in [1.165, 1.54) is 6.92 Å². The summed E-state index contributed by atoms with van der Waals surface area (Å²) in [5.41, 5.74) is 2.89. The lowest BCUT2D eigenvalue weighted by atomic mass is 10.1. The first-order valence-corrected chi connectivity index (χ1v) is 4.60. The van der Waals surface area contributed by atoms with Crippen LogP contribution in [0.5, 0.6) is 0 Å². The van der Waals surface area contributed by atoms with Crippen molar-refractivity contribution >= 4 is 23.2 Å². The summed E-state index contributed by atoms with van der Waals surface area (Å²) in [5.74, 6) is 0.347. The summed E-state index contributed by atoms with van der Waals surface area (Å²) in [4.78, 5) is 10.8. The van der Waals surface area contributed by atoms with Gasteiger partial charge >= 0.3 is 0 Å². The third kappa shape index (κ3) is 2.46. The van der Waals surface area contributed by atoms with Crippen molar-refractivity contribution < 1.29 is 4.79 Å². The maximum atomic E-state index is 10.8. The average Bonchev–Trinajstić information content (AvgIpc) is 2.03. The van der Waals surface area contributed by atoms with Gasteiger partial charge in [0, 0.05) is 18.5 Å². The van der Waals surface area contributed by atoms with Crippen LogP contribution in [0.25, 0.3) is 0 Å². The summed E-state index contributed by atoms with van der Waals surface area (Å²) in [6, 6.07) is 5.73. The van der Waals surface area contributed by atoms with Gasteiger partial charge in [0.05, 0.1) is 0 Å². The molecule has 0 aliphatic heterocycles. The van der Waals surface area contributed by atoms with Crippen LogP contribution in [0.1, 0.15) is 18.1 Å². The second-order valence-electron chi connectivity index (χ2n) is 2.92. The molecule has 0 fully saturated rings. The third-order valence-corrected chi connectivity index (χ3v) is 2.12. The van der Waals surface area contributed by atoms with Gasteiger partial charge in [0.1, 0.15) is 0 Å². The highest BCUT2D eigenvalue weighted by Gasteiger charge is 2.04. The first kappa shape index (κ1) is 10.1.